The molecule has 6 nitrogen and oxygen atoms in total. The van der Waals surface area contributed by atoms with Gasteiger partial charge in [-0.25, -0.2) is 0 Å². The van der Waals surface area contributed by atoms with Crippen molar-refractivity contribution in [3.05, 3.63) is 0 Å². The van der Waals surface area contributed by atoms with Crippen LogP contribution in [0, 0.1) is 17.8 Å². The SMILES string of the molecule is COC(=O)C1CCC(OC(=O)C2CCC(C(=O)OC)CC2)CC1. The average Bonchev–Trinajstić information content (AvgIpc) is 2.61. The Morgan fingerprint density at radius 1 is 0.609 bits per heavy atom. The van der Waals surface area contributed by atoms with Crippen LogP contribution in [0.4, 0.5) is 0 Å². The molecule has 2 fully saturated rings. The summed E-state index contributed by atoms with van der Waals surface area (Å²) in [5.41, 5.74) is 0. The Morgan fingerprint density at radius 2 is 0.957 bits per heavy atom. The maximum Gasteiger partial charge on any atom is 0.309 e. The standard InChI is InChI=1S/C17H26O6/c1-21-15(18)11-3-5-13(6-4-11)17(20)23-14-9-7-12(8-10-14)16(19)22-2/h11-14H,3-10H2,1-2H3. The van der Waals surface area contributed by atoms with Crippen LogP contribution < -0.4 is 0 Å². The van der Waals surface area contributed by atoms with Crippen LogP contribution in [-0.4, -0.2) is 38.2 Å². The minimum absolute atomic E-state index is 0.0644. The van der Waals surface area contributed by atoms with Crippen LogP contribution in [0.2, 0.25) is 0 Å². The monoisotopic (exact) mass is 326 g/mol. The van der Waals surface area contributed by atoms with E-state index in [2.05, 4.69) is 0 Å². The summed E-state index contributed by atoms with van der Waals surface area (Å²) in [4.78, 5) is 35.2. The fourth-order valence-electron chi connectivity index (χ4n) is 3.58. The van der Waals surface area contributed by atoms with Gasteiger partial charge in [-0.1, -0.05) is 0 Å². The Labute approximate surface area is 136 Å². The second kappa shape index (κ2) is 8.31. The van der Waals surface area contributed by atoms with Gasteiger partial charge in [-0.3, -0.25) is 14.4 Å². The second-order valence-electron chi connectivity index (χ2n) is 6.51. The van der Waals surface area contributed by atoms with E-state index in [1.165, 1.54) is 14.2 Å². The lowest BCUT2D eigenvalue weighted by Gasteiger charge is -2.30. The Hall–Kier alpha value is -1.59. The average molecular weight is 326 g/mol. The van der Waals surface area contributed by atoms with Crippen molar-refractivity contribution in [2.75, 3.05) is 14.2 Å². The highest BCUT2D eigenvalue weighted by atomic mass is 16.5. The molecule has 2 rings (SSSR count). The second-order valence-corrected chi connectivity index (χ2v) is 6.51. The van der Waals surface area contributed by atoms with Gasteiger partial charge in [0, 0.05) is 0 Å². The molecule has 0 radical (unpaired) electrons. The third-order valence-corrected chi connectivity index (χ3v) is 5.09. The largest absolute Gasteiger partial charge is 0.469 e. The minimum atomic E-state index is -0.182. The highest BCUT2D eigenvalue weighted by Crippen LogP contribution is 2.32. The fourth-order valence-corrected chi connectivity index (χ4v) is 3.58. The molecule has 23 heavy (non-hydrogen) atoms. The van der Waals surface area contributed by atoms with Gasteiger partial charge in [0.25, 0.3) is 0 Å². The Balaban J connectivity index is 1.72. The van der Waals surface area contributed by atoms with Crippen LogP contribution in [0.15, 0.2) is 0 Å². The predicted molar refractivity (Wildman–Crippen MR) is 81.3 cm³/mol. The smallest absolute Gasteiger partial charge is 0.309 e. The first-order valence-electron chi connectivity index (χ1n) is 8.41. The van der Waals surface area contributed by atoms with E-state index in [0.717, 1.165) is 0 Å². The van der Waals surface area contributed by atoms with Crippen molar-refractivity contribution in [1.82, 2.24) is 0 Å². The van der Waals surface area contributed by atoms with E-state index in [1.807, 2.05) is 0 Å². The number of hydrogen-bond donors (Lipinski definition) is 0. The van der Waals surface area contributed by atoms with Gasteiger partial charge in [-0.05, 0) is 51.4 Å². The van der Waals surface area contributed by atoms with Crippen molar-refractivity contribution in [1.29, 1.82) is 0 Å². The highest BCUT2D eigenvalue weighted by molar-refractivity contribution is 5.75. The first-order valence-corrected chi connectivity index (χ1v) is 8.41. The summed E-state index contributed by atoms with van der Waals surface area (Å²) in [6.07, 6.45) is 5.46. The van der Waals surface area contributed by atoms with Crippen molar-refractivity contribution >= 4 is 17.9 Å². The van der Waals surface area contributed by atoms with Crippen LogP contribution in [0.5, 0.6) is 0 Å². The summed E-state index contributed by atoms with van der Waals surface area (Å²) in [5, 5.41) is 0. The van der Waals surface area contributed by atoms with E-state index in [-0.39, 0.29) is 41.8 Å². The molecule has 0 aromatic carbocycles. The van der Waals surface area contributed by atoms with Crippen molar-refractivity contribution in [2.45, 2.75) is 57.5 Å². The van der Waals surface area contributed by atoms with E-state index >= 15 is 0 Å². The van der Waals surface area contributed by atoms with Gasteiger partial charge >= 0.3 is 17.9 Å². The lowest BCUT2D eigenvalue weighted by molar-refractivity contribution is -0.160. The Bertz CT molecular complexity index is 430. The topological polar surface area (TPSA) is 78.9 Å². The van der Waals surface area contributed by atoms with Crippen molar-refractivity contribution < 1.29 is 28.6 Å². The molecule has 0 bridgehead atoms. The number of ether oxygens (including phenoxy) is 3. The zero-order valence-electron chi connectivity index (χ0n) is 13.9. The molecule has 0 amide bonds. The normalized spacial score (nSPS) is 31.0. The van der Waals surface area contributed by atoms with Gasteiger partial charge in [0.05, 0.1) is 32.0 Å². The molecule has 0 heterocycles. The van der Waals surface area contributed by atoms with Crippen LogP contribution in [0.25, 0.3) is 0 Å². The predicted octanol–water partition coefficient (Wildman–Crippen LogP) is 2.24. The summed E-state index contributed by atoms with van der Waals surface area (Å²) in [7, 11) is 2.80. The lowest BCUT2D eigenvalue weighted by atomic mass is 9.82. The van der Waals surface area contributed by atoms with Crippen LogP contribution >= 0.6 is 0 Å². The van der Waals surface area contributed by atoms with Gasteiger partial charge in [-0.15, -0.1) is 0 Å². The maximum atomic E-state index is 12.3. The highest BCUT2D eigenvalue weighted by Gasteiger charge is 2.34. The van der Waals surface area contributed by atoms with E-state index < -0.39 is 0 Å². The number of methoxy groups -OCH3 is 2. The number of carbonyl (C=O) groups is 3. The first kappa shape index (κ1) is 17.8. The summed E-state index contributed by atoms with van der Waals surface area (Å²) >= 11 is 0. The van der Waals surface area contributed by atoms with Gasteiger partial charge in [0.2, 0.25) is 0 Å². The van der Waals surface area contributed by atoms with Gasteiger partial charge in [0.15, 0.2) is 0 Å². The quantitative estimate of drug-likeness (QED) is 0.582. The maximum absolute atomic E-state index is 12.3. The molecule has 0 aliphatic heterocycles. The van der Waals surface area contributed by atoms with Crippen molar-refractivity contribution in [2.24, 2.45) is 17.8 Å². The Morgan fingerprint density at radius 3 is 1.35 bits per heavy atom. The van der Waals surface area contributed by atoms with E-state index in [1.54, 1.807) is 0 Å². The third kappa shape index (κ3) is 4.69. The van der Waals surface area contributed by atoms with E-state index in [4.69, 9.17) is 14.2 Å². The van der Waals surface area contributed by atoms with Crippen molar-refractivity contribution in [3.63, 3.8) is 0 Å². The zero-order chi connectivity index (χ0) is 16.8. The van der Waals surface area contributed by atoms with Gasteiger partial charge in [-0.2, -0.15) is 0 Å². The molecule has 2 saturated carbocycles. The number of carbonyl (C=O) groups excluding carboxylic acids is 3. The van der Waals surface area contributed by atoms with Crippen LogP contribution in [0.3, 0.4) is 0 Å². The Kier molecular flexibility index (Phi) is 6.42. The molecular formula is C17H26O6. The molecule has 0 saturated heterocycles. The molecule has 0 aromatic heterocycles. The molecule has 0 spiro atoms. The number of rotatable bonds is 4. The van der Waals surface area contributed by atoms with Gasteiger partial charge < -0.3 is 14.2 Å². The minimum Gasteiger partial charge on any atom is -0.469 e. The molecule has 0 atom stereocenters. The molecule has 2 aliphatic carbocycles. The summed E-state index contributed by atoms with van der Waals surface area (Å²) in [6, 6.07) is 0. The third-order valence-electron chi connectivity index (χ3n) is 5.09. The van der Waals surface area contributed by atoms with E-state index in [0.29, 0.717) is 51.4 Å². The van der Waals surface area contributed by atoms with Crippen molar-refractivity contribution in [3.8, 4) is 0 Å². The molecular weight excluding hydrogens is 300 g/mol. The van der Waals surface area contributed by atoms with Crippen LogP contribution in [-0.2, 0) is 28.6 Å². The summed E-state index contributed by atoms with van der Waals surface area (Å²) < 4.78 is 15.1. The van der Waals surface area contributed by atoms with Gasteiger partial charge in [0.1, 0.15) is 6.10 Å². The molecule has 130 valence electrons. The fraction of sp³-hybridized carbons (Fsp3) is 0.824. The van der Waals surface area contributed by atoms with Crippen LogP contribution in [0.1, 0.15) is 51.4 Å². The molecule has 0 N–H and O–H groups in total. The molecule has 2 aliphatic rings. The first-order chi connectivity index (χ1) is 11.0. The number of esters is 3. The number of hydrogen-bond acceptors (Lipinski definition) is 6. The molecule has 0 unspecified atom stereocenters. The summed E-state index contributed by atoms with van der Waals surface area (Å²) in [5.74, 6) is -0.775. The van der Waals surface area contributed by atoms with E-state index in [9.17, 15) is 14.4 Å². The molecule has 6 heteroatoms. The lowest BCUT2D eigenvalue weighted by Crippen LogP contribution is -2.32. The summed E-state index contributed by atoms with van der Waals surface area (Å²) in [6.45, 7) is 0. The zero-order valence-corrected chi connectivity index (χ0v) is 13.9. The molecule has 0 aromatic rings.